The highest BCUT2D eigenvalue weighted by atomic mass is 32.2. The summed E-state index contributed by atoms with van der Waals surface area (Å²) < 4.78 is 103. The van der Waals surface area contributed by atoms with Crippen molar-refractivity contribution in [1.82, 2.24) is 9.88 Å². The highest BCUT2D eigenvalue weighted by molar-refractivity contribution is 7.92. The van der Waals surface area contributed by atoms with E-state index in [1.54, 1.807) is 6.92 Å². The quantitative estimate of drug-likeness (QED) is 0.520. The number of likely N-dealkylation sites (tertiary alicyclic amines) is 1. The van der Waals surface area contributed by atoms with Crippen LogP contribution in [0.15, 0.2) is 47.5 Å². The number of piperidine rings is 1. The first kappa shape index (κ1) is 26.0. The van der Waals surface area contributed by atoms with Gasteiger partial charge in [-0.2, -0.15) is 26.3 Å². The van der Waals surface area contributed by atoms with Crippen molar-refractivity contribution in [2.75, 3.05) is 13.1 Å². The molecule has 1 aromatic heterocycles. The molecule has 1 aliphatic heterocycles. The molecule has 1 amide bonds. The Morgan fingerprint density at radius 3 is 2.15 bits per heavy atom. The molecule has 1 fully saturated rings. The molecule has 2 aromatic rings. The fourth-order valence-electron chi connectivity index (χ4n) is 4.15. The monoisotopic (exact) mass is 508 g/mol. The van der Waals surface area contributed by atoms with Crippen LogP contribution in [0.2, 0.25) is 0 Å². The fraction of sp³-hybridized carbons (Fsp3) is 0.455. The van der Waals surface area contributed by atoms with Crippen molar-refractivity contribution in [3.8, 4) is 0 Å². The van der Waals surface area contributed by atoms with Gasteiger partial charge < -0.3 is 4.90 Å². The van der Waals surface area contributed by atoms with E-state index in [1.807, 2.05) is 0 Å². The smallest absolute Gasteiger partial charge is 0.337 e. The zero-order valence-electron chi connectivity index (χ0n) is 18.0. The third-order valence-corrected chi connectivity index (χ3v) is 8.38. The third kappa shape index (κ3) is 5.53. The minimum Gasteiger partial charge on any atom is -0.337 e. The number of hydrogen-bond acceptors (Lipinski definition) is 4. The number of benzene rings is 1. The molecule has 1 aromatic carbocycles. The Morgan fingerprint density at radius 1 is 1.03 bits per heavy atom. The van der Waals surface area contributed by atoms with Gasteiger partial charge in [0.25, 0.3) is 5.91 Å². The number of aromatic nitrogens is 1. The largest absolute Gasteiger partial charge is 0.417 e. The molecule has 12 heteroatoms. The number of sulfone groups is 1. The number of hydrogen-bond donors (Lipinski definition) is 0. The van der Waals surface area contributed by atoms with Crippen LogP contribution in [0.5, 0.6) is 0 Å². The molecule has 0 N–H and O–H groups in total. The Bertz CT molecular complexity index is 1120. The van der Waals surface area contributed by atoms with Crippen LogP contribution in [0.3, 0.4) is 0 Å². The van der Waals surface area contributed by atoms with Crippen molar-refractivity contribution >= 4 is 15.7 Å². The summed E-state index contributed by atoms with van der Waals surface area (Å²) in [6.07, 6.45) is -7.93. The number of alkyl halides is 6. The van der Waals surface area contributed by atoms with E-state index in [9.17, 15) is 39.6 Å². The second-order valence-electron chi connectivity index (χ2n) is 8.08. The summed E-state index contributed by atoms with van der Waals surface area (Å²) >= 11 is 0. The molecule has 2 heterocycles. The molecule has 186 valence electrons. The van der Waals surface area contributed by atoms with E-state index in [0.29, 0.717) is 12.3 Å². The summed E-state index contributed by atoms with van der Waals surface area (Å²) in [6.45, 7) is 1.95. The fourth-order valence-corrected chi connectivity index (χ4v) is 6.28. The molecule has 34 heavy (non-hydrogen) atoms. The molecule has 0 radical (unpaired) electrons. The predicted molar refractivity (Wildman–Crippen MR) is 111 cm³/mol. The number of pyridine rings is 1. The maximum atomic E-state index is 13.1. The van der Waals surface area contributed by atoms with Crippen LogP contribution in [0.1, 0.15) is 47.8 Å². The van der Waals surface area contributed by atoms with Crippen LogP contribution >= 0.6 is 0 Å². The highest BCUT2D eigenvalue weighted by Gasteiger charge is 2.38. The van der Waals surface area contributed by atoms with Gasteiger partial charge in [0.1, 0.15) is 5.69 Å². The van der Waals surface area contributed by atoms with E-state index in [2.05, 4.69) is 4.98 Å². The van der Waals surface area contributed by atoms with E-state index in [-0.39, 0.29) is 38.0 Å². The molecule has 0 saturated carbocycles. The van der Waals surface area contributed by atoms with E-state index in [4.69, 9.17) is 0 Å². The van der Waals surface area contributed by atoms with E-state index < -0.39 is 55.3 Å². The first-order chi connectivity index (χ1) is 15.7. The normalized spacial score (nSPS) is 17.0. The summed E-state index contributed by atoms with van der Waals surface area (Å²) in [5, 5.41) is -0.933. The Labute approximate surface area is 192 Å². The number of nitrogens with zero attached hydrogens (tertiary/aromatic N) is 2. The van der Waals surface area contributed by atoms with Gasteiger partial charge in [-0.15, -0.1) is 0 Å². The maximum Gasteiger partial charge on any atom is 0.417 e. The number of halogens is 6. The molecule has 3 rings (SSSR count). The summed E-state index contributed by atoms with van der Waals surface area (Å²) in [5.41, 5.74) is -2.18. The molecule has 0 spiro atoms. The third-order valence-electron chi connectivity index (χ3n) is 5.95. The lowest BCUT2D eigenvalue weighted by molar-refractivity contribution is -0.138. The van der Waals surface area contributed by atoms with Crippen molar-refractivity contribution < 1.29 is 39.6 Å². The SMILES string of the molecule is CCC(C1CCN(C(=O)c2ccc(C(F)(F)F)cn2)CC1)S(=O)(=O)c1cccc(C(F)(F)F)c1. The zero-order valence-corrected chi connectivity index (χ0v) is 18.8. The standard InChI is InChI=1S/C22H22F6N2O3S/c1-2-19(34(32,33)17-5-3-4-15(12-17)21(23,24)25)14-8-10-30(11-9-14)20(31)18-7-6-16(13-29-18)22(26,27)28/h3-7,12-14,19H,2,8-11H2,1H3. The lowest BCUT2D eigenvalue weighted by Crippen LogP contribution is -2.43. The Hall–Kier alpha value is -2.63. The van der Waals surface area contributed by atoms with E-state index in [1.165, 1.54) is 4.90 Å². The molecular formula is C22H22F6N2O3S. The van der Waals surface area contributed by atoms with Gasteiger partial charge in [0.15, 0.2) is 9.84 Å². The van der Waals surface area contributed by atoms with Crippen LogP contribution in [-0.2, 0) is 22.2 Å². The van der Waals surface area contributed by atoms with Gasteiger partial charge in [0.05, 0.1) is 21.3 Å². The molecule has 0 bridgehead atoms. The van der Waals surface area contributed by atoms with E-state index >= 15 is 0 Å². The number of amides is 1. The summed E-state index contributed by atoms with van der Waals surface area (Å²) in [6, 6.07) is 5.39. The second-order valence-corrected chi connectivity index (χ2v) is 10.2. The van der Waals surface area contributed by atoms with Crippen molar-refractivity contribution in [2.45, 2.75) is 48.7 Å². The summed E-state index contributed by atoms with van der Waals surface area (Å²) in [7, 11) is -4.06. The average Bonchev–Trinajstić information content (AvgIpc) is 2.78. The van der Waals surface area contributed by atoms with Crippen LogP contribution in [-0.4, -0.2) is 42.5 Å². The number of rotatable bonds is 5. The minimum absolute atomic E-state index is 0.154. The van der Waals surface area contributed by atoms with Gasteiger partial charge in [-0.05, 0) is 55.5 Å². The highest BCUT2D eigenvalue weighted by Crippen LogP contribution is 2.35. The van der Waals surface area contributed by atoms with Gasteiger partial charge in [0, 0.05) is 19.3 Å². The second kappa shape index (κ2) is 9.55. The Kier molecular flexibility index (Phi) is 7.30. The zero-order chi connectivity index (χ0) is 25.3. The molecule has 1 aliphatic rings. The maximum absolute atomic E-state index is 13.1. The van der Waals surface area contributed by atoms with Crippen LogP contribution in [0.4, 0.5) is 26.3 Å². The van der Waals surface area contributed by atoms with Crippen molar-refractivity contribution in [2.24, 2.45) is 5.92 Å². The number of carbonyl (C=O) groups excluding carboxylic acids is 1. The van der Waals surface area contributed by atoms with Crippen LogP contribution in [0.25, 0.3) is 0 Å². The molecule has 0 aliphatic carbocycles. The lowest BCUT2D eigenvalue weighted by atomic mass is 9.92. The topological polar surface area (TPSA) is 67.3 Å². The van der Waals surface area contributed by atoms with Gasteiger partial charge in [-0.1, -0.05) is 13.0 Å². The molecule has 1 unspecified atom stereocenters. The number of carbonyl (C=O) groups is 1. The van der Waals surface area contributed by atoms with Gasteiger partial charge in [-0.25, -0.2) is 8.42 Å². The molecule has 1 saturated heterocycles. The van der Waals surface area contributed by atoms with Crippen LogP contribution in [0, 0.1) is 5.92 Å². The summed E-state index contributed by atoms with van der Waals surface area (Å²) in [5.74, 6) is -0.963. The van der Waals surface area contributed by atoms with Gasteiger partial charge >= 0.3 is 12.4 Å². The molecule has 5 nitrogen and oxygen atoms in total. The van der Waals surface area contributed by atoms with Crippen LogP contribution < -0.4 is 0 Å². The van der Waals surface area contributed by atoms with Gasteiger partial charge in [-0.3, -0.25) is 9.78 Å². The predicted octanol–water partition coefficient (Wildman–Crippen LogP) is 5.22. The Balaban J connectivity index is 1.71. The first-order valence-electron chi connectivity index (χ1n) is 10.5. The molecule has 1 atom stereocenters. The van der Waals surface area contributed by atoms with Gasteiger partial charge in [0.2, 0.25) is 0 Å². The van der Waals surface area contributed by atoms with E-state index in [0.717, 1.165) is 30.3 Å². The molecular weight excluding hydrogens is 486 g/mol. The summed E-state index contributed by atoms with van der Waals surface area (Å²) in [4.78, 5) is 17.2. The first-order valence-corrected chi connectivity index (χ1v) is 12.0. The lowest BCUT2D eigenvalue weighted by Gasteiger charge is -2.35. The average molecular weight is 508 g/mol. The van der Waals surface area contributed by atoms with Crippen molar-refractivity contribution in [3.05, 3.63) is 59.4 Å². The van der Waals surface area contributed by atoms with Crippen molar-refractivity contribution in [1.29, 1.82) is 0 Å². The minimum atomic E-state index is -4.68. The van der Waals surface area contributed by atoms with Crippen molar-refractivity contribution in [3.63, 3.8) is 0 Å². The Morgan fingerprint density at radius 2 is 1.65 bits per heavy atom.